The van der Waals surface area contributed by atoms with Gasteiger partial charge < -0.3 is 16.0 Å². The van der Waals surface area contributed by atoms with Crippen molar-refractivity contribution in [3.63, 3.8) is 0 Å². The molecule has 198 valence electrons. The minimum absolute atomic E-state index is 0.126. The lowest BCUT2D eigenvalue weighted by atomic mass is 9.93. The van der Waals surface area contributed by atoms with Gasteiger partial charge in [-0.1, -0.05) is 27.4 Å². The van der Waals surface area contributed by atoms with E-state index < -0.39 is 5.82 Å². The fraction of sp³-hybridized carbons (Fsp3) is 0.194. The first-order valence-electron chi connectivity index (χ1n) is 12.3. The number of pyridine rings is 2. The van der Waals surface area contributed by atoms with E-state index in [-0.39, 0.29) is 5.41 Å². The minimum atomic E-state index is -0.406. The van der Waals surface area contributed by atoms with Crippen molar-refractivity contribution in [2.24, 2.45) is 5.41 Å². The molecule has 5 rings (SSSR count). The zero-order valence-electron chi connectivity index (χ0n) is 22.5. The highest BCUT2D eigenvalue weighted by atomic mass is 32.1. The van der Waals surface area contributed by atoms with Crippen LogP contribution in [0.15, 0.2) is 67.3 Å². The fourth-order valence-corrected chi connectivity index (χ4v) is 4.93. The third-order valence-electron chi connectivity index (χ3n) is 6.28. The van der Waals surface area contributed by atoms with Gasteiger partial charge in [0, 0.05) is 62.1 Å². The third-order valence-corrected chi connectivity index (χ3v) is 7.32. The van der Waals surface area contributed by atoms with E-state index in [0.29, 0.717) is 34.7 Å². The van der Waals surface area contributed by atoms with Crippen molar-refractivity contribution >= 4 is 33.9 Å². The number of H-pyrrole nitrogens is 1. The number of aromatic amines is 1. The zero-order chi connectivity index (χ0) is 28.3. The summed E-state index contributed by atoms with van der Waals surface area (Å²) in [5.74, 6) is 0.305. The highest BCUT2D eigenvalue weighted by Gasteiger charge is 2.17. The standard InChI is InChI=1S/C29H29FN6S.C2H2/c1-16-6-7-25(37-16)21-8-9-33-28-27(21)35-26(36-28)12-18-11-22(23(30)13-24(18)31)19-10-20(15-32-14-19)34-17(2)29(3,4)5;1-2/h6-11,13-15,34H,2,12,31H2,1,3-5H3,(H,33,35,36);1-2H. The van der Waals surface area contributed by atoms with Gasteiger partial charge in [-0.25, -0.2) is 14.4 Å². The van der Waals surface area contributed by atoms with Crippen LogP contribution in [0.25, 0.3) is 32.7 Å². The number of aryl methyl sites for hydroxylation is 1. The van der Waals surface area contributed by atoms with E-state index in [1.54, 1.807) is 36.0 Å². The van der Waals surface area contributed by atoms with Crippen molar-refractivity contribution in [2.75, 3.05) is 11.1 Å². The molecule has 0 radical (unpaired) electrons. The molecule has 39 heavy (non-hydrogen) atoms. The second kappa shape index (κ2) is 11.1. The zero-order valence-corrected chi connectivity index (χ0v) is 23.3. The molecule has 4 aromatic heterocycles. The topological polar surface area (TPSA) is 92.5 Å². The third kappa shape index (κ3) is 6.00. The number of imidazole rings is 1. The van der Waals surface area contributed by atoms with Crippen LogP contribution in [0.2, 0.25) is 0 Å². The van der Waals surface area contributed by atoms with Gasteiger partial charge in [0.15, 0.2) is 5.65 Å². The number of thiophene rings is 1. The number of anilines is 2. The van der Waals surface area contributed by atoms with Gasteiger partial charge in [0.2, 0.25) is 0 Å². The van der Waals surface area contributed by atoms with Crippen LogP contribution in [0.4, 0.5) is 15.8 Å². The Morgan fingerprint density at radius 1 is 1.13 bits per heavy atom. The average Bonchev–Trinajstić information content (AvgIpc) is 3.52. The summed E-state index contributed by atoms with van der Waals surface area (Å²) >= 11 is 1.72. The van der Waals surface area contributed by atoms with Crippen molar-refractivity contribution < 1.29 is 4.39 Å². The molecule has 1 aromatic carbocycles. The molecule has 4 N–H and O–H groups in total. The maximum absolute atomic E-state index is 15.1. The maximum atomic E-state index is 15.1. The number of benzene rings is 1. The fourth-order valence-electron chi connectivity index (χ4n) is 4.03. The molecule has 0 saturated carbocycles. The lowest BCUT2D eigenvalue weighted by Gasteiger charge is -2.23. The summed E-state index contributed by atoms with van der Waals surface area (Å²) in [6.45, 7) is 12.4. The van der Waals surface area contributed by atoms with Gasteiger partial charge in [-0.15, -0.1) is 24.2 Å². The van der Waals surface area contributed by atoms with Crippen LogP contribution in [-0.2, 0) is 6.42 Å². The highest BCUT2D eigenvalue weighted by Crippen LogP contribution is 2.34. The molecular weight excluding hydrogens is 507 g/mol. The molecule has 5 aromatic rings. The summed E-state index contributed by atoms with van der Waals surface area (Å²) in [6, 6.07) is 11.2. The summed E-state index contributed by atoms with van der Waals surface area (Å²) in [5, 5.41) is 3.29. The lowest BCUT2D eigenvalue weighted by molar-refractivity contribution is 0.509. The van der Waals surface area contributed by atoms with Gasteiger partial charge >= 0.3 is 0 Å². The number of hydrogen-bond acceptors (Lipinski definition) is 6. The van der Waals surface area contributed by atoms with E-state index in [1.165, 1.54) is 10.9 Å². The van der Waals surface area contributed by atoms with Crippen molar-refractivity contribution in [3.05, 3.63) is 89.3 Å². The molecule has 8 heteroatoms. The first-order chi connectivity index (χ1) is 18.6. The Morgan fingerprint density at radius 2 is 1.90 bits per heavy atom. The Balaban J connectivity index is 0.00000172. The monoisotopic (exact) mass is 538 g/mol. The Bertz CT molecular complexity index is 1670. The van der Waals surface area contributed by atoms with Crippen LogP contribution in [0.3, 0.4) is 0 Å². The summed E-state index contributed by atoms with van der Waals surface area (Å²) in [6.07, 6.45) is 13.5. The summed E-state index contributed by atoms with van der Waals surface area (Å²) < 4.78 is 15.1. The summed E-state index contributed by atoms with van der Waals surface area (Å²) in [4.78, 5) is 19.3. The second-order valence-corrected chi connectivity index (χ2v) is 11.5. The second-order valence-electron chi connectivity index (χ2n) is 10.2. The molecule has 4 heterocycles. The summed E-state index contributed by atoms with van der Waals surface area (Å²) in [5.41, 5.74) is 12.5. The van der Waals surface area contributed by atoms with Gasteiger partial charge in [0.1, 0.15) is 11.6 Å². The number of rotatable bonds is 6. The SMILES string of the molecule is C#C.C=C(Nc1cncc(-c2cc(Cc3nc4nccc(-c5ccc(C)s5)c4[nH]3)c(N)cc2F)c1)C(C)(C)C. The highest BCUT2D eigenvalue weighted by molar-refractivity contribution is 7.15. The number of halogens is 1. The molecule has 0 aliphatic rings. The largest absolute Gasteiger partial charge is 0.398 e. The quantitative estimate of drug-likeness (QED) is 0.153. The lowest BCUT2D eigenvalue weighted by Crippen LogP contribution is -2.15. The van der Waals surface area contributed by atoms with Crippen LogP contribution in [0.5, 0.6) is 0 Å². The van der Waals surface area contributed by atoms with Crippen molar-refractivity contribution in [2.45, 2.75) is 34.1 Å². The first kappa shape index (κ1) is 27.6. The van der Waals surface area contributed by atoms with Crippen LogP contribution in [0, 0.1) is 31.0 Å². The number of nitrogens with one attached hydrogen (secondary N) is 2. The molecule has 0 unspecified atom stereocenters. The average molecular weight is 539 g/mol. The van der Waals surface area contributed by atoms with Crippen molar-refractivity contribution in [1.29, 1.82) is 0 Å². The van der Waals surface area contributed by atoms with Crippen LogP contribution < -0.4 is 11.1 Å². The van der Waals surface area contributed by atoms with Crippen LogP contribution >= 0.6 is 11.3 Å². The number of fused-ring (bicyclic) bond motifs is 1. The van der Waals surface area contributed by atoms with Gasteiger partial charge in [0.25, 0.3) is 0 Å². The summed E-state index contributed by atoms with van der Waals surface area (Å²) in [7, 11) is 0. The molecule has 0 amide bonds. The number of nitrogens with zero attached hydrogens (tertiary/aromatic N) is 3. The predicted molar refractivity (Wildman–Crippen MR) is 161 cm³/mol. The van der Waals surface area contributed by atoms with E-state index >= 15 is 4.39 Å². The normalized spacial score (nSPS) is 11.2. The maximum Gasteiger partial charge on any atom is 0.178 e. The van der Waals surface area contributed by atoms with Gasteiger partial charge in [-0.2, -0.15) is 0 Å². The number of nitrogen functional groups attached to an aromatic ring is 1. The van der Waals surface area contributed by atoms with Crippen molar-refractivity contribution in [3.8, 4) is 34.4 Å². The molecule has 0 fully saturated rings. The van der Waals surface area contributed by atoms with E-state index in [4.69, 9.17) is 10.7 Å². The first-order valence-corrected chi connectivity index (χ1v) is 13.1. The number of aromatic nitrogens is 4. The Hall–Kier alpha value is -4.48. The minimum Gasteiger partial charge on any atom is -0.398 e. The van der Waals surface area contributed by atoms with Crippen molar-refractivity contribution in [1.82, 2.24) is 19.9 Å². The Labute approximate surface area is 232 Å². The van der Waals surface area contributed by atoms with Gasteiger partial charge in [-0.05, 0) is 48.9 Å². The number of nitrogens with two attached hydrogens (primary N) is 1. The van der Waals surface area contributed by atoms with Crippen LogP contribution in [-0.4, -0.2) is 19.9 Å². The molecular formula is C31H31FN6S. The van der Waals surface area contributed by atoms with E-state index in [0.717, 1.165) is 32.9 Å². The van der Waals surface area contributed by atoms with Gasteiger partial charge in [-0.3, -0.25) is 4.98 Å². The van der Waals surface area contributed by atoms with E-state index in [9.17, 15) is 0 Å². The molecule has 0 saturated heterocycles. The molecule has 6 nitrogen and oxygen atoms in total. The number of hydrogen-bond donors (Lipinski definition) is 3. The molecule has 0 aliphatic heterocycles. The molecule has 0 atom stereocenters. The Morgan fingerprint density at radius 3 is 2.59 bits per heavy atom. The molecule has 0 aliphatic carbocycles. The number of terminal acetylenes is 1. The van der Waals surface area contributed by atoms with Crippen LogP contribution in [0.1, 0.15) is 37.0 Å². The Kier molecular flexibility index (Phi) is 7.84. The number of allylic oxidation sites excluding steroid dienone is 1. The van der Waals surface area contributed by atoms with E-state index in [2.05, 4.69) is 79.5 Å². The smallest absolute Gasteiger partial charge is 0.178 e. The molecule has 0 bridgehead atoms. The molecule has 0 spiro atoms. The van der Waals surface area contributed by atoms with E-state index in [1.807, 2.05) is 12.1 Å². The predicted octanol–water partition coefficient (Wildman–Crippen LogP) is 7.59. The van der Waals surface area contributed by atoms with Gasteiger partial charge in [0.05, 0.1) is 17.4 Å².